The van der Waals surface area contributed by atoms with E-state index in [1.54, 1.807) is 0 Å². The molecule has 1 fully saturated rings. The maximum absolute atomic E-state index is 2.54. The van der Waals surface area contributed by atoms with E-state index in [0.29, 0.717) is 6.04 Å². The van der Waals surface area contributed by atoms with Gasteiger partial charge in [0.1, 0.15) is 0 Å². The monoisotopic (exact) mass is 388 g/mol. The third-order valence-electron chi connectivity index (χ3n) is 4.24. The third-order valence-corrected chi connectivity index (χ3v) is 6.58. The van der Waals surface area contributed by atoms with E-state index in [1.165, 1.54) is 27.3 Å². The van der Waals surface area contributed by atoms with Gasteiger partial charge in [-0.1, -0.05) is 49.2 Å². The molecule has 2 nitrogen and oxygen atoms in total. The molecule has 3 rings (SSSR count). The third kappa shape index (κ3) is 6.66. The van der Waals surface area contributed by atoms with Gasteiger partial charge in [0.05, 0.1) is 0 Å². The predicted molar refractivity (Wildman–Crippen MR) is 118 cm³/mol. The molecule has 2 aromatic rings. The van der Waals surface area contributed by atoms with E-state index < -0.39 is 0 Å². The Hall–Kier alpha value is -0.940. The van der Waals surface area contributed by atoms with E-state index in [1.807, 2.05) is 37.7 Å². The molecule has 1 atom stereocenters. The number of benzene rings is 2. The first-order valence-corrected chi connectivity index (χ1v) is 11.2. The Labute approximate surface area is 168 Å². The molecule has 2 aromatic carbocycles. The minimum atomic E-state index is 0.539. The molecule has 0 bridgehead atoms. The average molecular weight is 389 g/mol. The van der Waals surface area contributed by atoms with Crippen LogP contribution in [0, 0.1) is 13.8 Å². The molecule has 142 valence electrons. The van der Waals surface area contributed by atoms with Crippen molar-refractivity contribution in [2.75, 3.05) is 19.6 Å². The molecule has 0 amide bonds. The topological polar surface area (TPSA) is 6.48 Å². The van der Waals surface area contributed by atoms with Crippen LogP contribution in [0.3, 0.4) is 0 Å². The fraction of sp³-hybridized carbons (Fsp3) is 0.455. The van der Waals surface area contributed by atoms with Gasteiger partial charge in [-0.05, 0) is 75.4 Å². The van der Waals surface area contributed by atoms with Crippen LogP contribution < -0.4 is 0 Å². The molecule has 1 saturated heterocycles. The van der Waals surface area contributed by atoms with Gasteiger partial charge in [-0.15, -0.1) is 0 Å². The van der Waals surface area contributed by atoms with Gasteiger partial charge < -0.3 is 0 Å². The predicted octanol–water partition coefficient (Wildman–Crippen LogP) is 6.44. The smallest absolute Gasteiger partial charge is 0.0314 e. The van der Waals surface area contributed by atoms with Crippen molar-refractivity contribution >= 4 is 23.9 Å². The summed E-state index contributed by atoms with van der Waals surface area (Å²) in [5, 5.41) is 0. The van der Waals surface area contributed by atoms with Crippen LogP contribution in [0.1, 0.15) is 38.3 Å². The van der Waals surface area contributed by atoms with E-state index >= 15 is 0 Å². The highest BCUT2D eigenvalue weighted by atomic mass is 32.2. The lowest BCUT2D eigenvalue weighted by Gasteiger charge is -2.27. The van der Waals surface area contributed by atoms with Gasteiger partial charge >= 0.3 is 0 Å². The highest BCUT2D eigenvalue weighted by Gasteiger charge is 2.23. The number of hydrogen-bond acceptors (Lipinski definition) is 4. The first-order chi connectivity index (χ1) is 12.6. The summed E-state index contributed by atoms with van der Waals surface area (Å²) >= 11 is 3.80. The van der Waals surface area contributed by atoms with Gasteiger partial charge in [0.2, 0.25) is 0 Å². The number of aryl methyl sites for hydroxylation is 2. The second-order valence-corrected chi connectivity index (χ2v) is 8.83. The molecule has 0 spiro atoms. The van der Waals surface area contributed by atoms with Crippen LogP contribution in [0.25, 0.3) is 0 Å². The lowest BCUT2D eigenvalue weighted by Crippen LogP contribution is -2.32. The van der Waals surface area contributed by atoms with E-state index in [9.17, 15) is 0 Å². The Kier molecular flexibility index (Phi) is 9.06. The minimum absolute atomic E-state index is 0.539. The van der Waals surface area contributed by atoms with Crippen LogP contribution in [-0.2, 0) is 0 Å². The SMILES string of the molecule is CC.Cc1ccc(SN2CCCN(Sc3ccc(C)cc3)[C@@H](C)C2)cc1. The van der Waals surface area contributed by atoms with Crippen molar-refractivity contribution < 1.29 is 0 Å². The van der Waals surface area contributed by atoms with E-state index in [-0.39, 0.29) is 0 Å². The summed E-state index contributed by atoms with van der Waals surface area (Å²) < 4.78 is 5.06. The number of nitrogens with zero attached hydrogens (tertiary/aromatic N) is 2. The zero-order chi connectivity index (χ0) is 18.9. The zero-order valence-corrected chi connectivity index (χ0v) is 18.4. The van der Waals surface area contributed by atoms with Gasteiger partial charge in [0.15, 0.2) is 0 Å². The average Bonchev–Trinajstić information content (AvgIpc) is 2.82. The summed E-state index contributed by atoms with van der Waals surface area (Å²) in [4.78, 5) is 2.68. The highest BCUT2D eigenvalue weighted by molar-refractivity contribution is 7.97. The van der Waals surface area contributed by atoms with Crippen LogP contribution in [0.15, 0.2) is 58.3 Å². The summed E-state index contributed by atoms with van der Waals surface area (Å²) in [6, 6.07) is 18.3. The van der Waals surface area contributed by atoms with Crippen LogP contribution >= 0.6 is 23.9 Å². The van der Waals surface area contributed by atoms with Crippen LogP contribution in [-0.4, -0.2) is 34.3 Å². The molecule has 1 aliphatic heterocycles. The fourth-order valence-corrected chi connectivity index (χ4v) is 4.86. The quantitative estimate of drug-likeness (QED) is 0.556. The van der Waals surface area contributed by atoms with Gasteiger partial charge in [-0.25, -0.2) is 8.61 Å². The molecule has 0 radical (unpaired) electrons. The number of hydrogen-bond donors (Lipinski definition) is 0. The molecule has 26 heavy (non-hydrogen) atoms. The molecule has 0 aromatic heterocycles. The number of rotatable bonds is 4. The molecule has 0 saturated carbocycles. The maximum atomic E-state index is 2.54. The van der Waals surface area contributed by atoms with E-state index in [2.05, 4.69) is 77.9 Å². The van der Waals surface area contributed by atoms with Crippen molar-refractivity contribution in [2.45, 2.75) is 56.9 Å². The van der Waals surface area contributed by atoms with Gasteiger partial charge in [-0.2, -0.15) is 0 Å². The van der Waals surface area contributed by atoms with Crippen LogP contribution in [0.5, 0.6) is 0 Å². The van der Waals surface area contributed by atoms with E-state index in [4.69, 9.17) is 0 Å². The largest absolute Gasteiger partial charge is 0.245 e. The summed E-state index contributed by atoms with van der Waals surface area (Å²) in [6.07, 6.45) is 1.21. The zero-order valence-electron chi connectivity index (χ0n) is 16.7. The Balaban J connectivity index is 0.00000117. The Morgan fingerprint density at radius 1 is 0.769 bits per heavy atom. The van der Waals surface area contributed by atoms with Crippen LogP contribution in [0.4, 0.5) is 0 Å². The molecule has 0 unspecified atom stereocenters. The lowest BCUT2D eigenvalue weighted by molar-refractivity contribution is 0.366. The molecule has 1 aliphatic rings. The molecule has 0 aliphatic carbocycles. The Morgan fingerprint density at radius 3 is 1.81 bits per heavy atom. The minimum Gasteiger partial charge on any atom is -0.245 e. The molecular formula is C22H32N2S2. The van der Waals surface area contributed by atoms with Crippen LogP contribution in [0.2, 0.25) is 0 Å². The van der Waals surface area contributed by atoms with Crippen molar-refractivity contribution in [1.29, 1.82) is 0 Å². The highest BCUT2D eigenvalue weighted by Crippen LogP contribution is 2.30. The van der Waals surface area contributed by atoms with E-state index in [0.717, 1.165) is 19.6 Å². The first kappa shape index (κ1) is 21.4. The summed E-state index contributed by atoms with van der Waals surface area (Å²) in [5.41, 5.74) is 2.65. The molecule has 0 N–H and O–H groups in total. The van der Waals surface area contributed by atoms with Crippen molar-refractivity contribution in [1.82, 2.24) is 8.61 Å². The van der Waals surface area contributed by atoms with Gasteiger partial charge in [0, 0.05) is 35.5 Å². The van der Waals surface area contributed by atoms with Crippen molar-refractivity contribution in [3.05, 3.63) is 59.7 Å². The second-order valence-electron chi connectivity index (χ2n) is 6.54. The van der Waals surface area contributed by atoms with Gasteiger partial charge in [-0.3, -0.25) is 0 Å². The fourth-order valence-electron chi connectivity index (χ4n) is 2.80. The van der Waals surface area contributed by atoms with Crippen molar-refractivity contribution in [3.63, 3.8) is 0 Å². The molecule has 1 heterocycles. The lowest BCUT2D eigenvalue weighted by atomic mass is 10.2. The molecular weight excluding hydrogens is 356 g/mol. The summed E-state index contributed by atoms with van der Waals surface area (Å²) in [7, 11) is 0. The summed E-state index contributed by atoms with van der Waals surface area (Å²) in [5.74, 6) is 0. The second kappa shape index (κ2) is 11.0. The van der Waals surface area contributed by atoms with Crippen molar-refractivity contribution in [2.24, 2.45) is 0 Å². The Morgan fingerprint density at radius 2 is 1.27 bits per heavy atom. The standard InChI is InChI=1S/C20H26N2S2.C2H6/c1-16-5-9-19(10-6-16)23-21-13-4-14-22(18(3)15-21)24-20-11-7-17(2)8-12-20;1-2/h5-12,18H,4,13-15H2,1-3H3;1-2H3/t18-;/m0./s1. The normalized spacial score (nSPS) is 18.7. The maximum Gasteiger partial charge on any atom is 0.0314 e. The first-order valence-electron chi connectivity index (χ1n) is 9.61. The Bertz CT molecular complexity index is 640. The summed E-state index contributed by atoms with van der Waals surface area (Å²) in [6.45, 7) is 14.0. The molecule has 4 heteroatoms. The van der Waals surface area contributed by atoms with Crippen molar-refractivity contribution in [3.8, 4) is 0 Å². The van der Waals surface area contributed by atoms with Gasteiger partial charge in [0.25, 0.3) is 0 Å².